The lowest BCUT2D eigenvalue weighted by Gasteiger charge is -2.42. The molecule has 0 aromatic heterocycles. The van der Waals surface area contributed by atoms with Gasteiger partial charge in [-0.1, -0.05) is 31.4 Å². The number of piperazine rings is 1. The number of nitrogens with one attached hydrogen (secondary N) is 1. The van der Waals surface area contributed by atoms with Crippen molar-refractivity contribution in [3.8, 4) is 5.75 Å². The van der Waals surface area contributed by atoms with E-state index >= 15 is 0 Å². The Bertz CT molecular complexity index is 660. The summed E-state index contributed by atoms with van der Waals surface area (Å²) in [5.41, 5.74) is -0.393. The second-order valence-corrected chi connectivity index (χ2v) is 7.42. The molecule has 1 aromatic rings. The zero-order valence-corrected chi connectivity index (χ0v) is 15.1. The predicted molar refractivity (Wildman–Crippen MR) is 93.4 cm³/mol. The lowest BCUT2D eigenvalue weighted by atomic mass is 9.72. The monoisotopic (exact) mass is 386 g/mol. The van der Waals surface area contributed by atoms with Crippen LogP contribution in [0.2, 0.25) is 0 Å². The van der Waals surface area contributed by atoms with E-state index in [-0.39, 0.29) is 24.1 Å². The van der Waals surface area contributed by atoms with Crippen molar-refractivity contribution < 1.29 is 27.8 Å². The zero-order valence-electron chi connectivity index (χ0n) is 15.1. The van der Waals surface area contributed by atoms with Gasteiger partial charge in [-0.2, -0.15) is 0 Å². The van der Waals surface area contributed by atoms with Crippen LogP contribution >= 0.6 is 0 Å². The summed E-state index contributed by atoms with van der Waals surface area (Å²) in [5, 5.41) is 14.1. The van der Waals surface area contributed by atoms with E-state index in [1.54, 1.807) is 6.07 Å². The van der Waals surface area contributed by atoms with E-state index in [2.05, 4.69) is 10.1 Å². The first-order valence-electron chi connectivity index (χ1n) is 9.32. The number of amides is 1. The van der Waals surface area contributed by atoms with Gasteiger partial charge in [-0.15, -0.1) is 13.2 Å². The second-order valence-electron chi connectivity index (χ2n) is 7.42. The van der Waals surface area contributed by atoms with Crippen LogP contribution in [0, 0.1) is 0 Å². The third-order valence-electron chi connectivity index (χ3n) is 5.42. The fourth-order valence-corrected chi connectivity index (χ4v) is 4.13. The molecule has 2 N–H and O–H groups in total. The van der Waals surface area contributed by atoms with Gasteiger partial charge in [0, 0.05) is 25.6 Å². The summed E-state index contributed by atoms with van der Waals surface area (Å²) >= 11 is 0. The third-order valence-corrected chi connectivity index (χ3v) is 5.42. The molecule has 0 radical (unpaired) electrons. The molecule has 150 valence electrons. The summed E-state index contributed by atoms with van der Waals surface area (Å²) in [6, 6.07) is 5.85. The van der Waals surface area contributed by atoms with E-state index in [1.807, 2.05) is 4.90 Å². The van der Waals surface area contributed by atoms with Gasteiger partial charge in [0.05, 0.1) is 12.1 Å². The average molecular weight is 386 g/mol. The Balaban J connectivity index is 1.87. The highest BCUT2D eigenvalue weighted by atomic mass is 19.4. The largest absolute Gasteiger partial charge is 0.573 e. The van der Waals surface area contributed by atoms with Gasteiger partial charge in [0.2, 0.25) is 5.91 Å². The van der Waals surface area contributed by atoms with Gasteiger partial charge in [0.15, 0.2) is 0 Å². The van der Waals surface area contributed by atoms with Gasteiger partial charge < -0.3 is 15.2 Å². The molecule has 2 aliphatic rings. The summed E-state index contributed by atoms with van der Waals surface area (Å²) in [4.78, 5) is 13.6. The van der Waals surface area contributed by atoms with Crippen molar-refractivity contribution in [1.29, 1.82) is 0 Å². The van der Waals surface area contributed by atoms with Crippen LogP contribution in [0.3, 0.4) is 0 Å². The van der Waals surface area contributed by atoms with Crippen molar-refractivity contribution in [1.82, 2.24) is 10.2 Å². The van der Waals surface area contributed by atoms with Gasteiger partial charge in [-0.3, -0.25) is 9.69 Å². The van der Waals surface area contributed by atoms with E-state index in [0.29, 0.717) is 38.0 Å². The number of hydrogen-bond donors (Lipinski definition) is 2. The number of aliphatic hydroxyl groups is 1. The molecule has 3 rings (SSSR count). The van der Waals surface area contributed by atoms with Crippen LogP contribution in [0.5, 0.6) is 5.75 Å². The lowest BCUT2D eigenvalue weighted by molar-refractivity contribution is -0.274. The predicted octanol–water partition coefficient (Wildman–Crippen LogP) is 2.80. The van der Waals surface area contributed by atoms with E-state index in [4.69, 9.17) is 0 Å². The van der Waals surface area contributed by atoms with E-state index in [0.717, 1.165) is 19.3 Å². The maximum Gasteiger partial charge on any atom is 0.573 e. The molecule has 27 heavy (non-hydrogen) atoms. The average Bonchev–Trinajstić information content (AvgIpc) is 2.59. The Hall–Kier alpha value is -1.80. The molecule has 1 saturated heterocycles. The number of alkyl halides is 3. The Morgan fingerprint density at radius 2 is 2.00 bits per heavy atom. The first kappa shape index (κ1) is 19.9. The molecule has 1 saturated carbocycles. The van der Waals surface area contributed by atoms with Crippen molar-refractivity contribution >= 4 is 5.91 Å². The Morgan fingerprint density at radius 3 is 2.67 bits per heavy atom. The maximum absolute atomic E-state index is 12.6. The van der Waals surface area contributed by atoms with Crippen molar-refractivity contribution in [2.75, 3.05) is 26.2 Å². The van der Waals surface area contributed by atoms with E-state index < -0.39 is 12.0 Å². The van der Waals surface area contributed by atoms with Crippen LogP contribution in [0.1, 0.15) is 43.6 Å². The molecule has 1 heterocycles. The Morgan fingerprint density at radius 1 is 1.26 bits per heavy atom. The standard InChI is InChI=1S/C19H25F3N2O3/c20-19(21,22)27-15-6-4-5-14(11-15)16(18(26)7-2-1-3-8-18)12-24-10-9-23-17(25)13-24/h4-6,11,16,26H,1-3,7-10,12-13H2,(H,23,25)/t16-/m1/s1. The van der Waals surface area contributed by atoms with Gasteiger partial charge >= 0.3 is 6.36 Å². The molecule has 5 nitrogen and oxygen atoms in total. The minimum absolute atomic E-state index is 0.0789. The quantitative estimate of drug-likeness (QED) is 0.817. The zero-order chi connectivity index (χ0) is 19.5. The number of halogens is 3. The van der Waals surface area contributed by atoms with Crippen LogP contribution in [0.4, 0.5) is 13.2 Å². The molecule has 1 aromatic carbocycles. The van der Waals surface area contributed by atoms with Gasteiger partial charge in [0.1, 0.15) is 5.75 Å². The number of carbonyl (C=O) groups is 1. The number of ether oxygens (including phenoxy) is 1. The molecular weight excluding hydrogens is 361 g/mol. The smallest absolute Gasteiger partial charge is 0.406 e. The van der Waals surface area contributed by atoms with Crippen molar-refractivity contribution in [3.63, 3.8) is 0 Å². The Labute approximate surface area is 156 Å². The van der Waals surface area contributed by atoms with Gasteiger partial charge in [0.25, 0.3) is 0 Å². The van der Waals surface area contributed by atoms with Gasteiger partial charge in [-0.25, -0.2) is 0 Å². The highest BCUT2D eigenvalue weighted by molar-refractivity contribution is 5.78. The number of benzene rings is 1. The van der Waals surface area contributed by atoms with Crippen LogP contribution in [-0.2, 0) is 4.79 Å². The molecule has 0 bridgehead atoms. The number of nitrogens with zero attached hydrogens (tertiary/aromatic N) is 1. The second kappa shape index (κ2) is 8.06. The fraction of sp³-hybridized carbons (Fsp3) is 0.632. The minimum Gasteiger partial charge on any atom is -0.406 e. The summed E-state index contributed by atoms with van der Waals surface area (Å²) in [5.74, 6) is -0.758. The highest BCUT2D eigenvalue weighted by Crippen LogP contribution is 2.41. The molecule has 1 atom stereocenters. The molecule has 0 unspecified atom stereocenters. The topological polar surface area (TPSA) is 61.8 Å². The Kier molecular flexibility index (Phi) is 5.95. The normalized spacial score (nSPS) is 22.1. The summed E-state index contributed by atoms with van der Waals surface area (Å²) in [6.07, 6.45) is -0.762. The number of carbonyl (C=O) groups excluding carboxylic acids is 1. The molecule has 1 aliphatic carbocycles. The molecule has 1 amide bonds. The van der Waals surface area contributed by atoms with E-state index in [1.165, 1.54) is 18.2 Å². The first-order chi connectivity index (χ1) is 12.8. The van der Waals surface area contributed by atoms with Crippen LogP contribution in [-0.4, -0.2) is 54.1 Å². The maximum atomic E-state index is 12.6. The number of hydrogen-bond acceptors (Lipinski definition) is 4. The third kappa shape index (κ3) is 5.35. The summed E-state index contributed by atoms with van der Waals surface area (Å²) < 4.78 is 41.8. The SMILES string of the molecule is O=C1CN(C[C@H](c2cccc(OC(F)(F)F)c2)C2(O)CCCCC2)CCN1. The van der Waals surface area contributed by atoms with Crippen molar-refractivity contribution in [2.24, 2.45) is 0 Å². The summed E-state index contributed by atoms with van der Waals surface area (Å²) in [7, 11) is 0. The van der Waals surface area contributed by atoms with Crippen LogP contribution < -0.4 is 10.1 Å². The molecule has 0 spiro atoms. The van der Waals surface area contributed by atoms with Crippen LogP contribution in [0.25, 0.3) is 0 Å². The van der Waals surface area contributed by atoms with Crippen LogP contribution in [0.15, 0.2) is 24.3 Å². The van der Waals surface area contributed by atoms with Gasteiger partial charge in [-0.05, 0) is 30.5 Å². The summed E-state index contributed by atoms with van der Waals surface area (Å²) in [6.45, 7) is 1.82. The first-order valence-corrected chi connectivity index (χ1v) is 9.32. The lowest BCUT2D eigenvalue weighted by Crippen LogP contribution is -2.51. The minimum atomic E-state index is -4.76. The van der Waals surface area contributed by atoms with Crippen molar-refractivity contribution in [2.45, 2.75) is 50.0 Å². The highest BCUT2D eigenvalue weighted by Gasteiger charge is 2.40. The molecule has 8 heteroatoms. The molecule has 1 aliphatic heterocycles. The van der Waals surface area contributed by atoms with Crippen molar-refractivity contribution in [3.05, 3.63) is 29.8 Å². The fourth-order valence-electron chi connectivity index (χ4n) is 4.13. The number of rotatable bonds is 5. The molecule has 2 fully saturated rings. The van der Waals surface area contributed by atoms with E-state index in [9.17, 15) is 23.1 Å². The molecular formula is C19H25F3N2O3.